The highest BCUT2D eigenvalue weighted by molar-refractivity contribution is 5.35. The van der Waals surface area contributed by atoms with Crippen molar-refractivity contribution in [2.24, 2.45) is 5.73 Å². The van der Waals surface area contributed by atoms with Crippen LogP contribution in [0.1, 0.15) is 30.9 Å². The van der Waals surface area contributed by atoms with Gasteiger partial charge in [0, 0.05) is 12.0 Å². The predicted octanol–water partition coefficient (Wildman–Crippen LogP) is 1.56. The summed E-state index contributed by atoms with van der Waals surface area (Å²) in [5.41, 5.74) is 8.02. The summed E-state index contributed by atoms with van der Waals surface area (Å²) in [6.45, 7) is 2.45. The molecule has 0 spiro atoms. The van der Waals surface area contributed by atoms with Crippen LogP contribution in [-0.4, -0.2) is 11.2 Å². The molecule has 1 atom stereocenters. The highest BCUT2D eigenvalue weighted by Gasteiger charge is 2.48. The molecule has 3 N–H and O–H groups in total. The minimum atomic E-state index is -0.254. The quantitative estimate of drug-likeness (QED) is 0.761. The van der Waals surface area contributed by atoms with E-state index in [1.807, 2.05) is 19.1 Å². The number of benzene rings is 1. The molecule has 0 aromatic heterocycles. The second-order valence-electron chi connectivity index (χ2n) is 4.24. The summed E-state index contributed by atoms with van der Waals surface area (Å²) in [6, 6.07) is 8.28. The smallest absolute Gasteiger partial charge is 0.0608 e. The largest absolute Gasteiger partial charge is 0.392 e. The minimum Gasteiger partial charge on any atom is -0.392 e. The Hall–Kier alpha value is -0.860. The monoisotopic (exact) mass is 191 g/mol. The Balaban J connectivity index is 2.32. The topological polar surface area (TPSA) is 46.2 Å². The van der Waals surface area contributed by atoms with Gasteiger partial charge in [-0.2, -0.15) is 0 Å². The van der Waals surface area contributed by atoms with Gasteiger partial charge < -0.3 is 10.8 Å². The predicted molar refractivity (Wildman–Crippen MR) is 56.9 cm³/mol. The summed E-state index contributed by atoms with van der Waals surface area (Å²) in [4.78, 5) is 0. The molecule has 0 bridgehead atoms. The average molecular weight is 191 g/mol. The Morgan fingerprint density at radius 1 is 1.50 bits per heavy atom. The molecule has 0 heterocycles. The molecule has 1 unspecified atom stereocenters. The Morgan fingerprint density at radius 2 is 2.21 bits per heavy atom. The Morgan fingerprint density at radius 3 is 2.71 bits per heavy atom. The number of nitrogens with two attached hydrogens (primary N) is 1. The summed E-state index contributed by atoms with van der Waals surface area (Å²) in [7, 11) is 0. The van der Waals surface area contributed by atoms with Gasteiger partial charge in [0.25, 0.3) is 0 Å². The fourth-order valence-electron chi connectivity index (χ4n) is 2.09. The van der Waals surface area contributed by atoms with E-state index < -0.39 is 0 Å². The van der Waals surface area contributed by atoms with Crippen LogP contribution in [0.25, 0.3) is 0 Å². The molecule has 1 aliphatic carbocycles. The van der Waals surface area contributed by atoms with Crippen molar-refractivity contribution in [1.29, 1.82) is 0 Å². The molecule has 1 saturated carbocycles. The molecule has 1 aliphatic rings. The van der Waals surface area contributed by atoms with Gasteiger partial charge in [0.1, 0.15) is 0 Å². The molecular weight excluding hydrogens is 174 g/mol. The lowest BCUT2D eigenvalue weighted by molar-refractivity contribution is 0.150. The van der Waals surface area contributed by atoms with Gasteiger partial charge in [-0.25, -0.2) is 0 Å². The van der Waals surface area contributed by atoms with Crippen molar-refractivity contribution in [3.8, 4) is 0 Å². The number of aliphatic hydroxyl groups excluding tert-OH is 1. The molecule has 0 radical (unpaired) electrons. The lowest BCUT2D eigenvalue weighted by atomic mass is 9.90. The molecule has 2 nitrogen and oxygen atoms in total. The van der Waals surface area contributed by atoms with Crippen LogP contribution in [0.3, 0.4) is 0 Å². The average Bonchev–Trinajstić information content (AvgIpc) is 2.98. The third-order valence-corrected chi connectivity index (χ3v) is 3.33. The first-order valence-electron chi connectivity index (χ1n) is 5.16. The number of hydrogen-bond donors (Lipinski definition) is 2. The maximum Gasteiger partial charge on any atom is 0.0608 e. The van der Waals surface area contributed by atoms with E-state index >= 15 is 0 Å². The van der Waals surface area contributed by atoms with E-state index in [1.165, 1.54) is 5.56 Å². The van der Waals surface area contributed by atoms with E-state index in [2.05, 4.69) is 12.1 Å². The van der Waals surface area contributed by atoms with Crippen molar-refractivity contribution in [2.45, 2.75) is 37.8 Å². The normalized spacial score (nSPS) is 20.5. The van der Waals surface area contributed by atoms with Crippen LogP contribution in [0.4, 0.5) is 0 Å². The first-order valence-corrected chi connectivity index (χ1v) is 5.16. The van der Waals surface area contributed by atoms with Crippen molar-refractivity contribution >= 4 is 0 Å². The van der Waals surface area contributed by atoms with Crippen molar-refractivity contribution in [3.63, 3.8) is 0 Å². The zero-order valence-electron chi connectivity index (χ0n) is 8.53. The molecule has 0 saturated heterocycles. The summed E-state index contributed by atoms with van der Waals surface area (Å²) >= 11 is 0. The Kier molecular flexibility index (Phi) is 2.33. The zero-order chi connectivity index (χ0) is 10.2. The number of aliphatic hydroxyl groups is 1. The van der Waals surface area contributed by atoms with Crippen LogP contribution >= 0.6 is 0 Å². The highest BCUT2D eigenvalue weighted by atomic mass is 16.3. The molecule has 2 rings (SSSR count). The van der Waals surface area contributed by atoms with Crippen LogP contribution < -0.4 is 5.73 Å². The van der Waals surface area contributed by atoms with Crippen LogP contribution in [0, 0.1) is 0 Å². The van der Waals surface area contributed by atoms with Crippen LogP contribution in [0.2, 0.25) is 0 Å². The fraction of sp³-hybridized carbons (Fsp3) is 0.500. The summed E-state index contributed by atoms with van der Waals surface area (Å²) in [6.07, 6.45) is 1.94. The van der Waals surface area contributed by atoms with Gasteiger partial charge in [-0.3, -0.25) is 0 Å². The standard InChI is InChI=1S/C12H17NO/c1-9(14)12(5-6-12)11-4-2-3-10(7-11)8-13/h2-4,7,9,14H,5-6,8,13H2,1H3. The van der Waals surface area contributed by atoms with E-state index in [4.69, 9.17) is 5.73 Å². The van der Waals surface area contributed by atoms with Gasteiger partial charge in [-0.15, -0.1) is 0 Å². The van der Waals surface area contributed by atoms with Crippen molar-refractivity contribution in [1.82, 2.24) is 0 Å². The van der Waals surface area contributed by atoms with Crippen LogP contribution in [0.5, 0.6) is 0 Å². The molecule has 1 aromatic rings. The molecule has 0 amide bonds. The molecule has 1 aromatic carbocycles. The summed E-state index contributed by atoms with van der Waals surface area (Å²) in [5.74, 6) is 0. The molecule has 14 heavy (non-hydrogen) atoms. The van der Waals surface area contributed by atoms with Crippen LogP contribution in [-0.2, 0) is 12.0 Å². The molecule has 0 aliphatic heterocycles. The Labute approximate surface area is 84.7 Å². The first-order chi connectivity index (χ1) is 6.69. The maximum atomic E-state index is 9.73. The SMILES string of the molecule is CC(O)C1(c2cccc(CN)c2)CC1. The van der Waals surface area contributed by atoms with Gasteiger partial charge in [-0.05, 0) is 30.9 Å². The highest BCUT2D eigenvalue weighted by Crippen LogP contribution is 2.50. The van der Waals surface area contributed by atoms with E-state index in [9.17, 15) is 5.11 Å². The van der Waals surface area contributed by atoms with Gasteiger partial charge in [0.05, 0.1) is 6.10 Å². The van der Waals surface area contributed by atoms with Crippen molar-refractivity contribution in [3.05, 3.63) is 35.4 Å². The third kappa shape index (κ3) is 1.45. The zero-order valence-corrected chi connectivity index (χ0v) is 8.53. The van der Waals surface area contributed by atoms with E-state index in [0.717, 1.165) is 18.4 Å². The van der Waals surface area contributed by atoms with Gasteiger partial charge in [-0.1, -0.05) is 24.3 Å². The second-order valence-corrected chi connectivity index (χ2v) is 4.24. The van der Waals surface area contributed by atoms with E-state index in [0.29, 0.717) is 6.54 Å². The van der Waals surface area contributed by atoms with Gasteiger partial charge in [0.2, 0.25) is 0 Å². The van der Waals surface area contributed by atoms with Gasteiger partial charge >= 0.3 is 0 Å². The molecule has 76 valence electrons. The molecular formula is C12H17NO. The first kappa shape index (κ1) is 9.69. The molecule has 2 heteroatoms. The Bertz CT molecular complexity index is 329. The van der Waals surface area contributed by atoms with Crippen molar-refractivity contribution in [2.75, 3.05) is 0 Å². The lowest BCUT2D eigenvalue weighted by Gasteiger charge is -2.19. The number of hydrogen-bond acceptors (Lipinski definition) is 2. The van der Waals surface area contributed by atoms with E-state index in [1.54, 1.807) is 0 Å². The summed E-state index contributed by atoms with van der Waals surface area (Å²) in [5, 5.41) is 9.73. The second kappa shape index (κ2) is 3.37. The third-order valence-electron chi connectivity index (χ3n) is 3.33. The fourth-order valence-corrected chi connectivity index (χ4v) is 2.09. The van der Waals surface area contributed by atoms with Gasteiger partial charge in [0.15, 0.2) is 0 Å². The maximum absolute atomic E-state index is 9.73. The lowest BCUT2D eigenvalue weighted by Crippen LogP contribution is -2.22. The molecule has 1 fully saturated rings. The van der Waals surface area contributed by atoms with Crippen LogP contribution in [0.15, 0.2) is 24.3 Å². The summed E-state index contributed by atoms with van der Waals surface area (Å²) < 4.78 is 0. The minimum absolute atomic E-state index is 0.0329. The van der Waals surface area contributed by atoms with Crippen molar-refractivity contribution < 1.29 is 5.11 Å². The van der Waals surface area contributed by atoms with E-state index in [-0.39, 0.29) is 11.5 Å². The number of rotatable bonds is 3.